The number of nitrogen functional groups attached to an aromatic ring is 1. The second kappa shape index (κ2) is 4.68. The van der Waals surface area contributed by atoms with Crippen molar-refractivity contribution >= 4 is 40.2 Å². The number of nitrogens with zero attached hydrogens (tertiary/aromatic N) is 4. The van der Waals surface area contributed by atoms with Gasteiger partial charge in [0.1, 0.15) is 6.33 Å². The largest absolute Gasteiger partial charge is 0.369 e. The number of nitrogens with two attached hydrogens (primary N) is 1. The molecule has 0 saturated heterocycles. The van der Waals surface area contributed by atoms with Gasteiger partial charge in [-0.05, 0) is 18.2 Å². The lowest BCUT2D eigenvalue weighted by Gasteiger charge is -2.06. The highest BCUT2D eigenvalue weighted by Crippen LogP contribution is 2.29. The minimum Gasteiger partial charge on any atom is -0.369 e. The Hall–Kier alpha value is -1.85. The highest BCUT2D eigenvalue weighted by molar-refractivity contribution is 6.42. The van der Waals surface area contributed by atoms with Crippen LogP contribution in [-0.4, -0.2) is 19.5 Å². The lowest BCUT2D eigenvalue weighted by molar-refractivity contribution is 0.803. The Bertz CT molecular complexity index is 739. The highest BCUT2D eigenvalue weighted by atomic mass is 35.5. The van der Waals surface area contributed by atoms with E-state index in [2.05, 4.69) is 15.0 Å². The topological polar surface area (TPSA) is 69.6 Å². The maximum absolute atomic E-state index is 6.03. The zero-order chi connectivity index (χ0) is 13.4. The third-order valence-electron chi connectivity index (χ3n) is 2.78. The molecule has 0 aliphatic rings. The zero-order valence-corrected chi connectivity index (χ0v) is 11.2. The van der Waals surface area contributed by atoms with Gasteiger partial charge in [-0.1, -0.05) is 23.2 Å². The fourth-order valence-electron chi connectivity index (χ4n) is 1.88. The van der Waals surface area contributed by atoms with E-state index in [0.29, 0.717) is 28.1 Å². The van der Waals surface area contributed by atoms with Crippen LogP contribution in [0, 0.1) is 0 Å². The number of benzene rings is 1. The summed E-state index contributed by atoms with van der Waals surface area (Å²) in [7, 11) is 0. The summed E-state index contributed by atoms with van der Waals surface area (Å²) in [6.45, 7) is 0.503. The summed E-state index contributed by atoms with van der Waals surface area (Å²) >= 11 is 12.0. The molecular weight excluding hydrogens is 285 g/mol. The van der Waals surface area contributed by atoms with E-state index in [-0.39, 0.29) is 0 Å². The van der Waals surface area contributed by atoms with Gasteiger partial charge in [0.2, 0.25) is 5.95 Å². The molecule has 0 atom stereocenters. The standard InChI is InChI=1S/C12H9Cl2N5/c13-8-3-10-11(4-9(8)14)19(12(15)18-10)5-7-1-2-16-6-17-7/h1-4,6H,5H2,(H2,15,18). The first kappa shape index (κ1) is 12.2. The Morgan fingerprint density at radius 2 is 2.00 bits per heavy atom. The van der Waals surface area contributed by atoms with Crippen LogP contribution in [0.3, 0.4) is 0 Å². The quantitative estimate of drug-likeness (QED) is 0.789. The van der Waals surface area contributed by atoms with Gasteiger partial charge in [-0.2, -0.15) is 0 Å². The molecule has 2 aromatic heterocycles. The molecule has 19 heavy (non-hydrogen) atoms. The van der Waals surface area contributed by atoms with Crippen molar-refractivity contribution < 1.29 is 0 Å². The number of hydrogen-bond acceptors (Lipinski definition) is 4. The molecule has 1 aromatic carbocycles. The monoisotopic (exact) mass is 293 g/mol. The lowest BCUT2D eigenvalue weighted by Crippen LogP contribution is -2.05. The average Bonchev–Trinajstić information content (AvgIpc) is 2.68. The maximum atomic E-state index is 6.03. The minimum atomic E-state index is 0.395. The summed E-state index contributed by atoms with van der Waals surface area (Å²) in [6.07, 6.45) is 3.18. The summed E-state index contributed by atoms with van der Waals surface area (Å²) in [5.74, 6) is 0.395. The van der Waals surface area contributed by atoms with Gasteiger partial charge in [0.15, 0.2) is 0 Å². The van der Waals surface area contributed by atoms with Crippen LogP contribution in [0.4, 0.5) is 5.95 Å². The first-order chi connectivity index (χ1) is 9.15. The smallest absolute Gasteiger partial charge is 0.201 e. The van der Waals surface area contributed by atoms with Gasteiger partial charge < -0.3 is 10.3 Å². The van der Waals surface area contributed by atoms with Gasteiger partial charge in [0.05, 0.1) is 33.3 Å². The van der Waals surface area contributed by atoms with E-state index in [1.807, 2.05) is 10.6 Å². The van der Waals surface area contributed by atoms with Crippen molar-refractivity contribution in [2.45, 2.75) is 6.54 Å². The van der Waals surface area contributed by atoms with Crippen molar-refractivity contribution in [3.8, 4) is 0 Å². The van der Waals surface area contributed by atoms with Crippen molar-refractivity contribution in [2.24, 2.45) is 0 Å². The Kier molecular flexibility index (Phi) is 3.00. The average molecular weight is 294 g/mol. The number of hydrogen-bond donors (Lipinski definition) is 1. The SMILES string of the molecule is Nc1nc2cc(Cl)c(Cl)cc2n1Cc1ccncn1. The third kappa shape index (κ3) is 2.22. The summed E-state index contributed by atoms with van der Waals surface area (Å²) in [5, 5.41) is 0.929. The van der Waals surface area contributed by atoms with Gasteiger partial charge in [-0.25, -0.2) is 15.0 Å². The molecule has 3 aromatic rings. The molecule has 2 N–H and O–H groups in total. The molecule has 0 aliphatic carbocycles. The first-order valence-electron chi connectivity index (χ1n) is 5.51. The lowest BCUT2D eigenvalue weighted by atomic mass is 10.3. The highest BCUT2D eigenvalue weighted by Gasteiger charge is 2.11. The fraction of sp³-hybridized carbons (Fsp3) is 0.0833. The van der Waals surface area contributed by atoms with Crippen molar-refractivity contribution in [2.75, 3.05) is 5.73 Å². The predicted octanol–water partition coefficient (Wildman–Crippen LogP) is 2.76. The van der Waals surface area contributed by atoms with Crippen LogP contribution in [0.1, 0.15) is 5.69 Å². The van der Waals surface area contributed by atoms with Gasteiger partial charge in [0, 0.05) is 6.20 Å². The van der Waals surface area contributed by atoms with Crippen molar-refractivity contribution in [3.05, 3.63) is 46.5 Å². The van der Waals surface area contributed by atoms with Crippen molar-refractivity contribution in [1.29, 1.82) is 0 Å². The van der Waals surface area contributed by atoms with E-state index in [1.165, 1.54) is 6.33 Å². The van der Waals surface area contributed by atoms with Gasteiger partial charge in [-0.3, -0.25) is 0 Å². The van der Waals surface area contributed by atoms with Crippen LogP contribution in [-0.2, 0) is 6.54 Å². The molecule has 0 fully saturated rings. The van der Waals surface area contributed by atoms with Gasteiger partial charge >= 0.3 is 0 Å². The summed E-state index contributed by atoms with van der Waals surface area (Å²) in [6, 6.07) is 5.28. The number of halogens is 2. The van der Waals surface area contributed by atoms with E-state index in [4.69, 9.17) is 28.9 Å². The maximum Gasteiger partial charge on any atom is 0.201 e. The molecule has 7 heteroatoms. The predicted molar refractivity (Wildman–Crippen MR) is 75.3 cm³/mol. The molecule has 0 saturated carbocycles. The third-order valence-corrected chi connectivity index (χ3v) is 3.51. The van der Waals surface area contributed by atoms with Crippen LogP contribution in [0.15, 0.2) is 30.7 Å². The van der Waals surface area contributed by atoms with E-state index >= 15 is 0 Å². The molecular formula is C12H9Cl2N5. The second-order valence-corrected chi connectivity index (χ2v) is 4.83. The van der Waals surface area contributed by atoms with Gasteiger partial charge in [0.25, 0.3) is 0 Å². The zero-order valence-electron chi connectivity index (χ0n) is 9.72. The summed E-state index contributed by atoms with van der Waals surface area (Å²) in [4.78, 5) is 12.3. The van der Waals surface area contributed by atoms with E-state index in [9.17, 15) is 0 Å². The number of anilines is 1. The molecule has 0 radical (unpaired) electrons. The molecule has 0 aliphatic heterocycles. The Labute approximate surface area is 119 Å². The molecule has 3 rings (SSSR count). The van der Waals surface area contributed by atoms with Gasteiger partial charge in [-0.15, -0.1) is 0 Å². The molecule has 2 heterocycles. The van der Waals surface area contributed by atoms with Crippen molar-refractivity contribution in [1.82, 2.24) is 19.5 Å². The van der Waals surface area contributed by atoms with E-state index < -0.39 is 0 Å². The summed E-state index contributed by atoms with van der Waals surface area (Å²) in [5.41, 5.74) is 8.30. The van der Waals surface area contributed by atoms with Crippen LogP contribution in [0.2, 0.25) is 10.0 Å². The van der Waals surface area contributed by atoms with E-state index in [1.54, 1.807) is 18.3 Å². The molecule has 0 bridgehead atoms. The summed E-state index contributed by atoms with van der Waals surface area (Å²) < 4.78 is 1.83. The Balaban J connectivity index is 2.13. The Morgan fingerprint density at radius 3 is 2.74 bits per heavy atom. The normalized spacial score (nSPS) is 11.1. The minimum absolute atomic E-state index is 0.395. The second-order valence-electron chi connectivity index (χ2n) is 4.01. The van der Waals surface area contributed by atoms with Crippen LogP contribution >= 0.6 is 23.2 Å². The van der Waals surface area contributed by atoms with Crippen molar-refractivity contribution in [3.63, 3.8) is 0 Å². The number of fused-ring (bicyclic) bond motifs is 1. The van der Waals surface area contributed by atoms with Crippen LogP contribution < -0.4 is 5.73 Å². The molecule has 0 unspecified atom stereocenters. The fourth-order valence-corrected chi connectivity index (χ4v) is 2.19. The van der Waals surface area contributed by atoms with Crippen LogP contribution in [0.5, 0.6) is 0 Å². The number of aromatic nitrogens is 4. The van der Waals surface area contributed by atoms with E-state index in [0.717, 1.165) is 11.2 Å². The molecule has 0 amide bonds. The van der Waals surface area contributed by atoms with Crippen LogP contribution in [0.25, 0.3) is 11.0 Å². The first-order valence-corrected chi connectivity index (χ1v) is 6.26. The Morgan fingerprint density at radius 1 is 1.21 bits per heavy atom. The molecule has 0 spiro atoms. The number of rotatable bonds is 2. The number of imidazole rings is 1. The molecule has 96 valence electrons. The molecule has 5 nitrogen and oxygen atoms in total.